The van der Waals surface area contributed by atoms with Crippen molar-refractivity contribution >= 4 is 17.5 Å². The van der Waals surface area contributed by atoms with Crippen LogP contribution in [0.15, 0.2) is 18.2 Å². The van der Waals surface area contributed by atoms with Crippen molar-refractivity contribution in [3.8, 4) is 0 Å². The molecule has 1 aliphatic rings. The van der Waals surface area contributed by atoms with Crippen LogP contribution in [-0.4, -0.2) is 29.8 Å². The van der Waals surface area contributed by atoms with Gasteiger partial charge in [-0.05, 0) is 6.07 Å². The first-order chi connectivity index (χ1) is 8.06. The number of halogens is 1. The fourth-order valence-corrected chi connectivity index (χ4v) is 1.77. The molecule has 2 amide bonds. The zero-order chi connectivity index (χ0) is 12.4. The Kier molecular flexibility index (Phi) is 3.06. The lowest BCUT2D eigenvalue weighted by molar-refractivity contribution is -0.136. The van der Waals surface area contributed by atoms with E-state index in [0.29, 0.717) is 5.56 Å². The van der Waals surface area contributed by atoms with Gasteiger partial charge in [-0.15, -0.1) is 0 Å². The van der Waals surface area contributed by atoms with Gasteiger partial charge in [0.2, 0.25) is 11.8 Å². The van der Waals surface area contributed by atoms with Crippen LogP contribution < -0.4 is 11.1 Å². The highest BCUT2D eigenvalue weighted by atomic mass is 19.1. The number of hydrogen-bond donors (Lipinski definition) is 2. The Labute approximate surface area is 97.4 Å². The molecule has 1 heterocycles. The maximum Gasteiger partial charge on any atom is 0.240 e. The number of carbonyl (C=O) groups is 2. The van der Waals surface area contributed by atoms with Crippen molar-refractivity contribution in [2.24, 2.45) is 0 Å². The van der Waals surface area contributed by atoms with Crippen LogP contribution in [0.25, 0.3) is 0 Å². The van der Waals surface area contributed by atoms with E-state index in [9.17, 15) is 14.0 Å². The number of carbonyl (C=O) groups excluding carboxylic acids is 2. The lowest BCUT2D eigenvalue weighted by atomic mass is 10.1. The van der Waals surface area contributed by atoms with Crippen LogP contribution in [0, 0.1) is 5.82 Å². The number of imide groups is 1. The topological polar surface area (TPSA) is 75.4 Å². The van der Waals surface area contributed by atoms with E-state index in [-0.39, 0.29) is 37.1 Å². The zero-order valence-electron chi connectivity index (χ0n) is 9.07. The van der Waals surface area contributed by atoms with Crippen LogP contribution >= 0.6 is 0 Å². The molecule has 1 aromatic carbocycles. The Bertz CT molecular complexity index is 460. The number of amides is 2. The van der Waals surface area contributed by atoms with E-state index >= 15 is 0 Å². The van der Waals surface area contributed by atoms with Gasteiger partial charge in [0.15, 0.2) is 5.82 Å². The summed E-state index contributed by atoms with van der Waals surface area (Å²) in [6.45, 7) is 0.357. The minimum absolute atomic E-state index is 0.0651. The Morgan fingerprint density at radius 1 is 1.29 bits per heavy atom. The van der Waals surface area contributed by atoms with Gasteiger partial charge in [0.1, 0.15) is 0 Å². The molecule has 1 aromatic rings. The fourth-order valence-electron chi connectivity index (χ4n) is 1.77. The Morgan fingerprint density at radius 3 is 2.59 bits per heavy atom. The third-order valence-corrected chi connectivity index (χ3v) is 2.52. The van der Waals surface area contributed by atoms with Crippen molar-refractivity contribution in [3.05, 3.63) is 29.6 Å². The average Bonchev–Trinajstić information content (AvgIpc) is 2.23. The molecular weight excluding hydrogens is 225 g/mol. The maximum atomic E-state index is 13.6. The van der Waals surface area contributed by atoms with E-state index in [2.05, 4.69) is 5.32 Å². The van der Waals surface area contributed by atoms with Crippen LogP contribution in [0.1, 0.15) is 5.56 Å². The lowest BCUT2D eigenvalue weighted by Gasteiger charge is -2.25. The predicted molar refractivity (Wildman–Crippen MR) is 59.2 cm³/mol. The van der Waals surface area contributed by atoms with Crippen molar-refractivity contribution in [1.29, 1.82) is 0 Å². The largest absolute Gasteiger partial charge is 0.396 e. The smallest absolute Gasteiger partial charge is 0.240 e. The van der Waals surface area contributed by atoms with Crippen LogP contribution in [-0.2, 0) is 16.1 Å². The number of piperazine rings is 1. The van der Waals surface area contributed by atoms with E-state index < -0.39 is 5.82 Å². The first-order valence-electron chi connectivity index (χ1n) is 5.14. The van der Waals surface area contributed by atoms with Crippen molar-refractivity contribution in [3.63, 3.8) is 0 Å². The summed E-state index contributed by atoms with van der Waals surface area (Å²) in [5, 5.41) is 2.18. The number of anilines is 1. The molecule has 0 unspecified atom stereocenters. The van der Waals surface area contributed by atoms with E-state index in [0.717, 1.165) is 0 Å². The van der Waals surface area contributed by atoms with Gasteiger partial charge in [0, 0.05) is 12.1 Å². The van der Waals surface area contributed by atoms with Crippen molar-refractivity contribution in [1.82, 2.24) is 10.2 Å². The number of nitrogen functional groups attached to an aromatic ring is 1. The van der Waals surface area contributed by atoms with Gasteiger partial charge in [0.25, 0.3) is 0 Å². The van der Waals surface area contributed by atoms with E-state index in [1.54, 1.807) is 17.0 Å². The molecule has 0 atom stereocenters. The van der Waals surface area contributed by atoms with Gasteiger partial charge in [-0.25, -0.2) is 4.39 Å². The molecule has 0 bridgehead atoms. The van der Waals surface area contributed by atoms with Crippen LogP contribution in [0.2, 0.25) is 0 Å². The number of hydrogen-bond acceptors (Lipinski definition) is 4. The predicted octanol–water partition coefficient (Wildman–Crippen LogP) is -0.134. The van der Waals surface area contributed by atoms with E-state index in [1.807, 2.05) is 0 Å². The van der Waals surface area contributed by atoms with Gasteiger partial charge >= 0.3 is 0 Å². The third kappa shape index (κ3) is 2.59. The normalized spacial score (nSPS) is 17.0. The summed E-state index contributed by atoms with van der Waals surface area (Å²) in [5.74, 6) is -1.23. The second-order valence-electron chi connectivity index (χ2n) is 3.94. The number of nitrogens with zero attached hydrogens (tertiary/aromatic N) is 1. The molecule has 0 aromatic heterocycles. The van der Waals surface area contributed by atoms with Crippen LogP contribution in [0.4, 0.5) is 10.1 Å². The van der Waals surface area contributed by atoms with Gasteiger partial charge in [-0.3, -0.25) is 19.8 Å². The monoisotopic (exact) mass is 237 g/mol. The molecule has 2 rings (SSSR count). The molecule has 0 aliphatic carbocycles. The highest BCUT2D eigenvalue weighted by Gasteiger charge is 2.23. The van der Waals surface area contributed by atoms with Gasteiger partial charge in [-0.2, -0.15) is 0 Å². The summed E-state index contributed by atoms with van der Waals surface area (Å²) in [6.07, 6.45) is 0. The molecule has 1 aliphatic heterocycles. The third-order valence-electron chi connectivity index (χ3n) is 2.52. The molecule has 1 fully saturated rings. The Hall–Kier alpha value is -1.95. The molecule has 6 heteroatoms. The van der Waals surface area contributed by atoms with E-state index in [4.69, 9.17) is 5.73 Å². The zero-order valence-corrected chi connectivity index (χ0v) is 9.07. The summed E-state index contributed by atoms with van der Waals surface area (Å²) >= 11 is 0. The Morgan fingerprint density at radius 2 is 1.94 bits per heavy atom. The summed E-state index contributed by atoms with van der Waals surface area (Å²) in [4.78, 5) is 23.8. The average molecular weight is 237 g/mol. The van der Waals surface area contributed by atoms with Crippen molar-refractivity contribution < 1.29 is 14.0 Å². The highest BCUT2D eigenvalue weighted by molar-refractivity contribution is 5.99. The van der Waals surface area contributed by atoms with Crippen LogP contribution in [0.3, 0.4) is 0 Å². The highest BCUT2D eigenvalue weighted by Crippen LogP contribution is 2.16. The number of nitrogens with two attached hydrogens (primary N) is 1. The summed E-state index contributed by atoms with van der Waals surface area (Å²) in [6, 6.07) is 4.69. The quantitative estimate of drug-likeness (QED) is 0.555. The molecular formula is C11H12FN3O2. The summed E-state index contributed by atoms with van der Waals surface area (Å²) < 4.78 is 13.6. The van der Waals surface area contributed by atoms with Crippen LogP contribution in [0.5, 0.6) is 0 Å². The first-order valence-corrected chi connectivity index (χ1v) is 5.14. The number of nitrogens with one attached hydrogen (secondary N) is 1. The molecule has 3 N–H and O–H groups in total. The Balaban J connectivity index is 2.12. The molecule has 90 valence electrons. The second kappa shape index (κ2) is 4.50. The number of rotatable bonds is 2. The molecule has 17 heavy (non-hydrogen) atoms. The van der Waals surface area contributed by atoms with Gasteiger partial charge in [-0.1, -0.05) is 12.1 Å². The SMILES string of the molecule is Nc1cccc(CN2CC(=O)NC(=O)C2)c1F. The lowest BCUT2D eigenvalue weighted by Crippen LogP contribution is -2.50. The fraction of sp³-hybridized carbons (Fsp3) is 0.273. The molecule has 5 nitrogen and oxygen atoms in total. The maximum absolute atomic E-state index is 13.6. The minimum atomic E-state index is -0.495. The summed E-state index contributed by atoms with van der Waals surface area (Å²) in [5.41, 5.74) is 5.89. The summed E-state index contributed by atoms with van der Waals surface area (Å²) in [7, 11) is 0. The minimum Gasteiger partial charge on any atom is -0.396 e. The van der Waals surface area contributed by atoms with E-state index in [1.165, 1.54) is 6.07 Å². The number of benzene rings is 1. The standard InChI is InChI=1S/C11H12FN3O2/c12-11-7(2-1-3-8(11)13)4-15-5-9(16)14-10(17)6-15/h1-3H,4-6,13H2,(H,14,16,17). The molecule has 0 saturated carbocycles. The first kappa shape index (κ1) is 11.5. The van der Waals surface area contributed by atoms with Crippen molar-refractivity contribution in [2.75, 3.05) is 18.8 Å². The van der Waals surface area contributed by atoms with Gasteiger partial charge in [0.05, 0.1) is 18.8 Å². The molecule has 1 saturated heterocycles. The molecule has 0 spiro atoms. The van der Waals surface area contributed by atoms with Crippen molar-refractivity contribution in [2.45, 2.75) is 6.54 Å². The molecule has 0 radical (unpaired) electrons. The van der Waals surface area contributed by atoms with Gasteiger partial charge < -0.3 is 5.73 Å². The second-order valence-corrected chi connectivity index (χ2v) is 3.94.